The Hall–Kier alpha value is -0.810. The van der Waals surface area contributed by atoms with Crippen LogP contribution < -0.4 is 5.32 Å². The molecule has 1 aromatic heterocycles. The van der Waals surface area contributed by atoms with E-state index in [-0.39, 0.29) is 0 Å². The summed E-state index contributed by atoms with van der Waals surface area (Å²) in [7, 11) is 2.19. The molecule has 0 saturated carbocycles. The second kappa shape index (κ2) is 6.21. The van der Waals surface area contributed by atoms with Gasteiger partial charge in [0.25, 0.3) is 0 Å². The van der Waals surface area contributed by atoms with Crippen LogP contribution in [0.1, 0.15) is 12.8 Å². The van der Waals surface area contributed by atoms with E-state index in [0.717, 1.165) is 23.3 Å². The smallest absolute Gasteiger partial charge is 0.130 e. The number of piperidine rings is 1. The maximum Gasteiger partial charge on any atom is 0.130 e. The van der Waals surface area contributed by atoms with Crippen molar-refractivity contribution in [3.63, 3.8) is 0 Å². The SMILES string of the molecule is CSc1cc(NCC2CCN(C)CC2)ncn1. The van der Waals surface area contributed by atoms with Crippen molar-refractivity contribution in [1.82, 2.24) is 14.9 Å². The van der Waals surface area contributed by atoms with Gasteiger partial charge in [-0.3, -0.25) is 0 Å². The number of nitrogens with zero attached hydrogens (tertiary/aromatic N) is 3. The maximum absolute atomic E-state index is 4.24. The van der Waals surface area contributed by atoms with Gasteiger partial charge in [-0.2, -0.15) is 0 Å². The third kappa shape index (κ3) is 3.85. The lowest BCUT2D eigenvalue weighted by atomic mass is 9.97. The number of hydrogen-bond acceptors (Lipinski definition) is 5. The van der Waals surface area contributed by atoms with E-state index in [0.29, 0.717) is 0 Å². The van der Waals surface area contributed by atoms with E-state index in [1.807, 2.05) is 12.3 Å². The van der Waals surface area contributed by atoms with Gasteiger partial charge in [-0.25, -0.2) is 9.97 Å². The maximum atomic E-state index is 4.24. The van der Waals surface area contributed by atoms with Crippen LogP contribution in [0.5, 0.6) is 0 Å². The van der Waals surface area contributed by atoms with E-state index in [1.165, 1.54) is 25.9 Å². The Bertz CT molecular complexity index is 350. The van der Waals surface area contributed by atoms with Crippen LogP contribution in [0.25, 0.3) is 0 Å². The molecule has 17 heavy (non-hydrogen) atoms. The summed E-state index contributed by atoms with van der Waals surface area (Å²) in [5.74, 6) is 1.72. The van der Waals surface area contributed by atoms with Crippen molar-refractivity contribution in [3.05, 3.63) is 12.4 Å². The van der Waals surface area contributed by atoms with E-state index in [4.69, 9.17) is 0 Å². The second-order valence-electron chi connectivity index (χ2n) is 4.57. The molecule has 2 rings (SSSR count). The molecule has 0 aliphatic carbocycles. The largest absolute Gasteiger partial charge is 0.370 e. The fraction of sp³-hybridized carbons (Fsp3) is 0.667. The molecule has 1 aromatic rings. The number of anilines is 1. The molecule has 1 aliphatic rings. The average Bonchev–Trinajstić information content (AvgIpc) is 2.38. The second-order valence-corrected chi connectivity index (χ2v) is 5.40. The Labute approximate surface area is 107 Å². The molecule has 0 atom stereocenters. The van der Waals surface area contributed by atoms with E-state index in [1.54, 1.807) is 18.1 Å². The first-order chi connectivity index (χ1) is 8.28. The summed E-state index contributed by atoms with van der Waals surface area (Å²) in [6.45, 7) is 3.46. The summed E-state index contributed by atoms with van der Waals surface area (Å²) in [4.78, 5) is 10.8. The first kappa shape index (κ1) is 12.6. The molecule has 2 heterocycles. The van der Waals surface area contributed by atoms with E-state index in [9.17, 15) is 0 Å². The molecule has 1 aliphatic heterocycles. The molecule has 4 nitrogen and oxygen atoms in total. The molecule has 5 heteroatoms. The molecule has 0 spiro atoms. The predicted octanol–water partition coefficient (Wildman–Crippen LogP) is 1.95. The van der Waals surface area contributed by atoms with Crippen LogP contribution in [-0.4, -0.2) is 47.8 Å². The first-order valence-corrected chi connectivity index (χ1v) is 7.29. The van der Waals surface area contributed by atoms with Gasteiger partial charge in [0.15, 0.2) is 0 Å². The van der Waals surface area contributed by atoms with Gasteiger partial charge in [0, 0.05) is 12.6 Å². The Morgan fingerprint density at radius 2 is 2.18 bits per heavy atom. The number of rotatable bonds is 4. The zero-order valence-electron chi connectivity index (χ0n) is 10.5. The summed E-state index contributed by atoms with van der Waals surface area (Å²) >= 11 is 1.65. The number of thioether (sulfide) groups is 1. The molecular formula is C12H20N4S. The lowest BCUT2D eigenvalue weighted by Gasteiger charge is -2.29. The van der Waals surface area contributed by atoms with E-state index in [2.05, 4.69) is 27.2 Å². The summed E-state index contributed by atoms with van der Waals surface area (Å²) in [6.07, 6.45) is 6.22. The van der Waals surface area contributed by atoms with Crippen molar-refractivity contribution in [2.45, 2.75) is 17.9 Å². The minimum atomic E-state index is 0.777. The molecule has 1 saturated heterocycles. The van der Waals surface area contributed by atoms with Crippen LogP contribution >= 0.6 is 11.8 Å². The average molecular weight is 252 g/mol. The fourth-order valence-electron chi connectivity index (χ4n) is 2.06. The van der Waals surface area contributed by atoms with Gasteiger partial charge in [-0.05, 0) is 45.2 Å². The van der Waals surface area contributed by atoms with Crippen LogP contribution in [0.15, 0.2) is 17.4 Å². The monoisotopic (exact) mass is 252 g/mol. The van der Waals surface area contributed by atoms with Gasteiger partial charge in [0.05, 0.1) is 0 Å². The topological polar surface area (TPSA) is 41.0 Å². The number of aromatic nitrogens is 2. The van der Waals surface area contributed by atoms with Crippen LogP contribution in [0, 0.1) is 5.92 Å². The van der Waals surface area contributed by atoms with Crippen LogP contribution in [0.4, 0.5) is 5.82 Å². The van der Waals surface area contributed by atoms with Gasteiger partial charge in [-0.15, -0.1) is 11.8 Å². The minimum absolute atomic E-state index is 0.777. The van der Waals surface area contributed by atoms with E-state index < -0.39 is 0 Å². The normalized spacial score (nSPS) is 18.2. The van der Waals surface area contributed by atoms with E-state index >= 15 is 0 Å². The number of hydrogen-bond donors (Lipinski definition) is 1. The first-order valence-electron chi connectivity index (χ1n) is 6.06. The lowest BCUT2D eigenvalue weighted by molar-refractivity contribution is 0.226. The third-order valence-corrected chi connectivity index (χ3v) is 3.90. The third-order valence-electron chi connectivity index (χ3n) is 3.26. The van der Waals surface area contributed by atoms with Gasteiger partial charge in [0.1, 0.15) is 17.2 Å². The Morgan fingerprint density at radius 1 is 1.41 bits per heavy atom. The molecule has 94 valence electrons. The van der Waals surface area contributed by atoms with Crippen molar-refractivity contribution in [2.75, 3.05) is 38.3 Å². The molecule has 0 unspecified atom stereocenters. The zero-order chi connectivity index (χ0) is 12.1. The van der Waals surface area contributed by atoms with Crippen molar-refractivity contribution in [3.8, 4) is 0 Å². The Morgan fingerprint density at radius 3 is 2.88 bits per heavy atom. The summed E-state index contributed by atoms with van der Waals surface area (Å²) < 4.78 is 0. The number of likely N-dealkylation sites (tertiary alicyclic amines) is 1. The van der Waals surface area contributed by atoms with Crippen molar-refractivity contribution in [2.24, 2.45) is 5.92 Å². The number of nitrogens with one attached hydrogen (secondary N) is 1. The van der Waals surface area contributed by atoms with Crippen LogP contribution in [0.2, 0.25) is 0 Å². The summed E-state index contributed by atoms with van der Waals surface area (Å²) in [5.41, 5.74) is 0. The quantitative estimate of drug-likeness (QED) is 0.655. The van der Waals surface area contributed by atoms with Gasteiger partial charge < -0.3 is 10.2 Å². The van der Waals surface area contributed by atoms with Crippen LogP contribution in [0.3, 0.4) is 0 Å². The van der Waals surface area contributed by atoms with Gasteiger partial charge in [-0.1, -0.05) is 0 Å². The highest BCUT2D eigenvalue weighted by molar-refractivity contribution is 7.98. The Balaban J connectivity index is 1.81. The zero-order valence-corrected chi connectivity index (χ0v) is 11.3. The highest BCUT2D eigenvalue weighted by Gasteiger charge is 2.16. The van der Waals surface area contributed by atoms with Crippen molar-refractivity contribution >= 4 is 17.6 Å². The van der Waals surface area contributed by atoms with Crippen LogP contribution in [-0.2, 0) is 0 Å². The molecule has 1 N–H and O–H groups in total. The summed E-state index contributed by atoms with van der Waals surface area (Å²) in [5, 5.41) is 4.44. The Kier molecular flexibility index (Phi) is 4.62. The summed E-state index contributed by atoms with van der Waals surface area (Å²) in [6, 6.07) is 2.01. The fourth-order valence-corrected chi connectivity index (χ4v) is 2.44. The standard InChI is InChI=1S/C12H20N4S/c1-16-5-3-10(4-6-16)8-13-11-7-12(17-2)15-9-14-11/h7,9-10H,3-6,8H2,1-2H3,(H,13,14,15). The highest BCUT2D eigenvalue weighted by atomic mass is 32.2. The predicted molar refractivity (Wildman–Crippen MR) is 72.5 cm³/mol. The molecular weight excluding hydrogens is 232 g/mol. The minimum Gasteiger partial charge on any atom is -0.370 e. The van der Waals surface area contributed by atoms with Crippen molar-refractivity contribution in [1.29, 1.82) is 0 Å². The lowest BCUT2D eigenvalue weighted by Crippen LogP contribution is -2.33. The van der Waals surface area contributed by atoms with Gasteiger partial charge >= 0.3 is 0 Å². The molecule has 0 aromatic carbocycles. The molecule has 0 radical (unpaired) electrons. The highest BCUT2D eigenvalue weighted by Crippen LogP contribution is 2.18. The molecule has 0 amide bonds. The van der Waals surface area contributed by atoms with Gasteiger partial charge in [0.2, 0.25) is 0 Å². The van der Waals surface area contributed by atoms with Crippen molar-refractivity contribution < 1.29 is 0 Å². The molecule has 0 bridgehead atoms. The molecule has 1 fully saturated rings.